The Hall–Kier alpha value is -3.12. The summed E-state index contributed by atoms with van der Waals surface area (Å²) >= 11 is 7.15. The monoisotopic (exact) mass is 439 g/mol. The number of carbonyl (C=O) groups is 4. The number of pyridine rings is 1. The van der Waals surface area contributed by atoms with E-state index in [0.29, 0.717) is 6.41 Å². The molecule has 1 aromatic heterocycles. The second kappa shape index (κ2) is 8.49. The van der Waals surface area contributed by atoms with Crippen molar-refractivity contribution in [1.29, 1.82) is 0 Å². The Kier molecular flexibility index (Phi) is 6.03. The van der Waals surface area contributed by atoms with Crippen molar-refractivity contribution < 1.29 is 29.1 Å². The Balaban J connectivity index is 1.80. The number of carboxylic acid groups (broad SMARTS) is 1. The highest BCUT2D eigenvalue weighted by atomic mass is 35.5. The van der Waals surface area contributed by atoms with Crippen LogP contribution in [0.1, 0.15) is 5.69 Å². The fourth-order valence-corrected chi connectivity index (χ4v) is 4.34. The summed E-state index contributed by atoms with van der Waals surface area (Å²) in [5, 5.41) is 17.3. The lowest BCUT2D eigenvalue weighted by molar-refractivity contribution is -0.150. The quantitative estimate of drug-likeness (QED) is 0.231. The molecular formula is C16H14ClN5O6S. The van der Waals surface area contributed by atoms with E-state index >= 15 is 0 Å². The van der Waals surface area contributed by atoms with Gasteiger partial charge in [-0.3, -0.25) is 19.3 Å². The Bertz CT molecular complexity index is 951. The highest BCUT2D eigenvalue weighted by molar-refractivity contribution is 8.00. The van der Waals surface area contributed by atoms with Gasteiger partial charge in [0.2, 0.25) is 6.41 Å². The molecule has 2 atom stereocenters. The molecule has 1 aromatic rings. The third-order valence-corrected chi connectivity index (χ3v) is 5.76. The highest BCUT2D eigenvalue weighted by Gasteiger charge is 2.54. The van der Waals surface area contributed by atoms with Gasteiger partial charge >= 0.3 is 5.97 Å². The van der Waals surface area contributed by atoms with E-state index in [1.807, 2.05) is 0 Å². The van der Waals surface area contributed by atoms with Crippen LogP contribution in [0.15, 0.2) is 34.1 Å². The SMILES string of the molecule is CON=C(C(=O)NC1C(=O)N2C(C(=O)O)=C(Cl)CS[C@@H]12)c1cccc(NC=O)n1. The van der Waals surface area contributed by atoms with E-state index in [4.69, 9.17) is 16.4 Å². The van der Waals surface area contributed by atoms with E-state index in [2.05, 4.69) is 20.8 Å². The number of hydrogen-bond acceptors (Lipinski definition) is 8. The normalized spacial score (nSPS) is 21.1. The van der Waals surface area contributed by atoms with Crippen molar-refractivity contribution in [3.05, 3.63) is 34.6 Å². The zero-order chi connectivity index (χ0) is 21.1. The van der Waals surface area contributed by atoms with Gasteiger partial charge in [-0.15, -0.1) is 11.8 Å². The first kappa shape index (κ1) is 20.6. The predicted octanol–water partition coefficient (Wildman–Crippen LogP) is -0.0647. The number of oxime groups is 1. The topological polar surface area (TPSA) is 150 Å². The minimum absolute atomic E-state index is 0.0576. The van der Waals surface area contributed by atoms with Crippen LogP contribution in [0.25, 0.3) is 0 Å². The number of anilines is 1. The molecule has 152 valence electrons. The van der Waals surface area contributed by atoms with E-state index in [1.165, 1.54) is 31.0 Å². The van der Waals surface area contributed by atoms with Gasteiger partial charge in [0.05, 0.1) is 5.03 Å². The first-order valence-corrected chi connectivity index (χ1v) is 9.48. The van der Waals surface area contributed by atoms with Crippen molar-refractivity contribution in [2.24, 2.45) is 5.16 Å². The van der Waals surface area contributed by atoms with Crippen LogP contribution in [0.4, 0.5) is 5.82 Å². The second-order valence-corrected chi connectivity index (χ2v) is 7.27. The van der Waals surface area contributed by atoms with E-state index in [0.717, 1.165) is 4.90 Å². The lowest BCUT2D eigenvalue weighted by atomic mass is 10.0. The number of β-lactam (4-membered cyclic amide) rings is 1. The maximum absolute atomic E-state index is 12.7. The molecule has 1 unspecified atom stereocenters. The molecule has 0 aromatic carbocycles. The summed E-state index contributed by atoms with van der Waals surface area (Å²) in [4.78, 5) is 57.0. The number of carbonyl (C=O) groups excluding carboxylic acids is 3. The minimum Gasteiger partial charge on any atom is -0.477 e. The molecule has 0 aliphatic carbocycles. The lowest BCUT2D eigenvalue weighted by Crippen LogP contribution is -2.71. The van der Waals surface area contributed by atoms with Crippen molar-refractivity contribution in [3.63, 3.8) is 0 Å². The van der Waals surface area contributed by atoms with Crippen molar-refractivity contribution in [3.8, 4) is 0 Å². The zero-order valence-corrected chi connectivity index (χ0v) is 16.4. The third-order valence-electron chi connectivity index (χ3n) is 4.01. The molecule has 11 nitrogen and oxygen atoms in total. The Morgan fingerprint density at radius 3 is 2.90 bits per heavy atom. The number of fused-ring (bicyclic) bond motifs is 1. The summed E-state index contributed by atoms with van der Waals surface area (Å²) in [5.41, 5.74) is -0.405. The van der Waals surface area contributed by atoms with Crippen molar-refractivity contribution in [1.82, 2.24) is 15.2 Å². The number of aromatic nitrogens is 1. The van der Waals surface area contributed by atoms with Gasteiger partial charge in [0.15, 0.2) is 5.71 Å². The first-order chi connectivity index (χ1) is 13.9. The smallest absolute Gasteiger partial charge is 0.353 e. The lowest BCUT2D eigenvalue weighted by Gasteiger charge is -2.48. The largest absolute Gasteiger partial charge is 0.477 e. The van der Waals surface area contributed by atoms with Gasteiger partial charge in [0, 0.05) is 5.75 Å². The Morgan fingerprint density at radius 2 is 2.24 bits per heavy atom. The number of nitrogens with one attached hydrogen (secondary N) is 2. The number of amides is 3. The summed E-state index contributed by atoms with van der Waals surface area (Å²) < 4.78 is 0. The van der Waals surface area contributed by atoms with Gasteiger partial charge < -0.3 is 20.6 Å². The number of rotatable bonds is 7. The molecule has 2 aliphatic rings. The molecule has 13 heteroatoms. The van der Waals surface area contributed by atoms with Crippen LogP contribution in [0, 0.1) is 0 Å². The van der Waals surface area contributed by atoms with Crippen molar-refractivity contribution in [2.75, 3.05) is 18.2 Å². The Morgan fingerprint density at radius 1 is 1.48 bits per heavy atom. The summed E-state index contributed by atoms with van der Waals surface area (Å²) in [5.74, 6) is -2.28. The van der Waals surface area contributed by atoms with Gasteiger partial charge in [-0.2, -0.15) is 0 Å². The molecule has 0 saturated carbocycles. The van der Waals surface area contributed by atoms with Gasteiger partial charge in [0.25, 0.3) is 11.8 Å². The first-order valence-electron chi connectivity index (χ1n) is 8.05. The number of thioether (sulfide) groups is 1. The summed E-state index contributed by atoms with van der Waals surface area (Å²) in [6.07, 6.45) is 0.430. The van der Waals surface area contributed by atoms with Crippen LogP contribution in [-0.2, 0) is 24.0 Å². The molecule has 2 aliphatic heterocycles. The third kappa shape index (κ3) is 3.89. The maximum atomic E-state index is 12.7. The van der Waals surface area contributed by atoms with Crippen molar-refractivity contribution in [2.45, 2.75) is 11.4 Å². The van der Waals surface area contributed by atoms with E-state index < -0.39 is 29.2 Å². The standard InChI is InChI=1S/C16H14ClN5O6S/c1-28-21-10(8-3-2-4-9(19-8)18-6-23)13(24)20-11-14(25)22-12(16(26)27)7(17)5-29-15(11)22/h2-4,6,11,15H,5H2,1H3,(H,20,24)(H,26,27)(H,18,19,23)/t11?,15-/m0/s1. The molecule has 0 spiro atoms. The molecule has 29 heavy (non-hydrogen) atoms. The van der Waals surface area contributed by atoms with Crippen LogP contribution in [0.3, 0.4) is 0 Å². The minimum atomic E-state index is -1.32. The van der Waals surface area contributed by atoms with E-state index in [-0.39, 0.29) is 33.7 Å². The van der Waals surface area contributed by atoms with Gasteiger partial charge in [-0.1, -0.05) is 22.8 Å². The van der Waals surface area contributed by atoms with Crippen LogP contribution in [0.5, 0.6) is 0 Å². The average Bonchev–Trinajstić information content (AvgIpc) is 2.70. The number of carboxylic acids is 1. The molecule has 3 N–H and O–H groups in total. The second-order valence-electron chi connectivity index (χ2n) is 5.71. The molecule has 3 heterocycles. The average molecular weight is 440 g/mol. The molecule has 0 radical (unpaired) electrons. The van der Waals surface area contributed by atoms with Gasteiger partial charge in [-0.05, 0) is 12.1 Å². The molecule has 1 saturated heterocycles. The van der Waals surface area contributed by atoms with E-state index in [1.54, 1.807) is 6.07 Å². The molecular weight excluding hydrogens is 426 g/mol. The molecule has 1 fully saturated rings. The Labute approximate surface area is 173 Å². The fourth-order valence-electron chi connectivity index (χ4n) is 2.79. The number of aliphatic carboxylic acids is 1. The molecule has 3 amide bonds. The molecule has 3 rings (SSSR count). The fraction of sp³-hybridized carbons (Fsp3) is 0.250. The van der Waals surface area contributed by atoms with Gasteiger partial charge in [-0.25, -0.2) is 9.78 Å². The summed E-state index contributed by atoms with van der Waals surface area (Å²) in [6, 6.07) is 3.56. The number of nitrogens with zero attached hydrogens (tertiary/aromatic N) is 3. The summed E-state index contributed by atoms with van der Waals surface area (Å²) in [7, 11) is 1.24. The van der Waals surface area contributed by atoms with Gasteiger partial charge in [0.1, 0.15) is 35.7 Å². The van der Waals surface area contributed by atoms with Crippen LogP contribution in [0.2, 0.25) is 0 Å². The van der Waals surface area contributed by atoms with Crippen LogP contribution in [-0.4, -0.2) is 69.2 Å². The predicted molar refractivity (Wildman–Crippen MR) is 103 cm³/mol. The maximum Gasteiger partial charge on any atom is 0.353 e. The van der Waals surface area contributed by atoms with Crippen LogP contribution >= 0.6 is 23.4 Å². The van der Waals surface area contributed by atoms with Crippen molar-refractivity contribution >= 4 is 59.1 Å². The summed E-state index contributed by atoms with van der Waals surface area (Å²) in [6.45, 7) is 0. The molecule has 0 bridgehead atoms. The number of halogens is 1. The highest BCUT2D eigenvalue weighted by Crippen LogP contribution is 2.41. The zero-order valence-electron chi connectivity index (χ0n) is 14.8. The number of hydrogen-bond donors (Lipinski definition) is 3. The van der Waals surface area contributed by atoms with E-state index in [9.17, 15) is 24.3 Å². The van der Waals surface area contributed by atoms with Crippen LogP contribution < -0.4 is 10.6 Å².